The van der Waals surface area contributed by atoms with E-state index in [1.807, 2.05) is 11.0 Å². The van der Waals surface area contributed by atoms with Gasteiger partial charge < -0.3 is 15.0 Å². The first kappa shape index (κ1) is 19.4. The molecule has 26 heavy (non-hydrogen) atoms. The third kappa shape index (κ3) is 4.81. The van der Waals surface area contributed by atoms with E-state index in [-0.39, 0.29) is 5.91 Å². The van der Waals surface area contributed by atoms with E-state index in [9.17, 15) is 9.59 Å². The SMILES string of the molecule is CCCN(CCC)C(=O)c1ccc(Nc2ccccc2C(=O)OC)cn1. The third-order valence-electron chi connectivity index (χ3n) is 3.87. The van der Waals surface area contributed by atoms with Gasteiger partial charge >= 0.3 is 5.97 Å². The second kappa shape index (κ2) is 9.56. The van der Waals surface area contributed by atoms with E-state index in [1.165, 1.54) is 7.11 Å². The molecular formula is C20H25N3O3. The standard InChI is InChI=1S/C20H25N3O3/c1-4-12-23(13-5-2)19(24)18-11-10-15(14-21-18)22-17-9-7-6-8-16(17)20(25)26-3/h6-11,14,22H,4-5,12-13H2,1-3H3. The molecule has 0 spiro atoms. The number of nitrogens with zero attached hydrogens (tertiary/aromatic N) is 2. The molecule has 0 saturated heterocycles. The van der Waals surface area contributed by atoms with Crippen LogP contribution in [-0.2, 0) is 4.74 Å². The predicted molar refractivity (Wildman–Crippen MR) is 102 cm³/mol. The number of amides is 1. The van der Waals surface area contributed by atoms with Gasteiger partial charge in [0.2, 0.25) is 0 Å². The maximum absolute atomic E-state index is 12.6. The lowest BCUT2D eigenvalue weighted by Gasteiger charge is -2.21. The zero-order valence-corrected chi connectivity index (χ0v) is 15.5. The zero-order valence-electron chi connectivity index (χ0n) is 15.5. The number of nitrogens with one attached hydrogen (secondary N) is 1. The van der Waals surface area contributed by atoms with E-state index in [2.05, 4.69) is 24.1 Å². The Bertz CT molecular complexity index is 738. The molecule has 1 aromatic carbocycles. The third-order valence-corrected chi connectivity index (χ3v) is 3.87. The molecule has 0 aliphatic heterocycles. The normalized spacial score (nSPS) is 10.3. The van der Waals surface area contributed by atoms with Crippen LogP contribution in [-0.4, -0.2) is 42.0 Å². The highest BCUT2D eigenvalue weighted by Gasteiger charge is 2.16. The summed E-state index contributed by atoms with van der Waals surface area (Å²) in [6, 6.07) is 10.6. The smallest absolute Gasteiger partial charge is 0.339 e. The van der Waals surface area contributed by atoms with Crippen molar-refractivity contribution in [3.63, 3.8) is 0 Å². The summed E-state index contributed by atoms with van der Waals surface area (Å²) in [6.07, 6.45) is 3.42. The van der Waals surface area contributed by atoms with Gasteiger partial charge in [-0.15, -0.1) is 0 Å². The van der Waals surface area contributed by atoms with Crippen LogP contribution in [0.5, 0.6) is 0 Å². The van der Waals surface area contributed by atoms with E-state index in [0.29, 0.717) is 22.6 Å². The first-order valence-electron chi connectivity index (χ1n) is 8.80. The van der Waals surface area contributed by atoms with Crippen molar-refractivity contribution in [1.29, 1.82) is 0 Å². The molecule has 0 radical (unpaired) electrons. The molecule has 6 nitrogen and oxygen atoms in total. The van der Waals surface area contributed by atoms with Crippen molar-refractivity contribution < 1.29 is 14.3 Å². The number of carbonyl (C=O) groups is 2. The minimum Gasteiger partial charge on any atom is -0.465 e. The summed E-state index contributed by atoms with van der Waals surface area (Å²) in [4.78, 5) is 30.5. The molecule has 2 aromatic rings. The van der Waals surface area contributed by atoms with Crippen LogP contribution in [0.15, 0.2) is 42.6 Å². The van der Waals surface area contributed by atoms with Crippen molar-refractivity contribution in [1.82, 2.24) is 9.88 Å². The summed E-state index contributed by atoms with van der Waals surface area (Å²) in [5.74, 6) is -0.474. The number of benzene rings is 1. The Hall–Kier alpha value is -2.89. The Labute approximate surface area is 154 Å². The van der Waals surface area contributed by atoms with Crippen LogP contribution in [0, 0.1) is 0 Å². The van der Waals surface area contributed by atoms with Gasteiger partial charge in [0.05, 0.1) is 30.2 Å². The molecule has 6 heteroatoms. The molecule has 1 N–H and O–H groups in total. The van der Waals surface area contributed by atoms with Crippen molar-refractivity contribution in [2.45, 2.75) is 26.7 Å². The second-order valence-corrected chi connectivity index (χ2v) is 5.89. The van der Waals surface area contributed by atoms with Gasteiger partial charge in [-0.05, 0) is 37.1 Å². The number of anilines is 2. The van der Waals surface area contributed by atoms with E-state index >= 15 is 0 Å². The van der Waals surface area contributed by atoms with Crippen LogP contribution in [0.3, 0.4) is 0 Å². The number of methoxy groups -OCH3 is 1. The van der Waals surface area contributed by atoms with Crippen LogP contribution < -0.4 is 5.32 Å². The van der Waals surface area contributed by atoms with Crippen molar-refractivity contribution in [3.8, 4) is 0 Å². The molecule has 2 rings (SSSR count). The summed E-state index contributed by atoms with van der Waals surface area (Å²) >= 11 is 0. The molecule has 0 unspecified atom stereocenters. The largest absolute Gasteiger partial charge is 0.465 e. The quantitative estimate of drug-likeness (QED) is 0.728. The van der Waals surface area contributed by atoms with Gasteiger partial charge in [-0.25, -0.2) is 9.78 Å². The van der Waals surface area contributed by atoms with E-state index < -0.39 is 5.97 Å². The van der Waals surface area contributed by atoms with Gasteiger partial charge in [0.1, 0.15) is 5.69 Å². The minimum atomic E-state index is -0.414. The summed E-state index contributed by atoms with van der Waals surface area (Å²) in [7, 11) is 1.35. The van der Waals surface area contributed by atoms with E-state index in [4.69, 9.17) is 4.74 Å². The van der Waals surface area contributed by atoms with Gasteiger partial charge in [-0.3, -0.25) is 4.79 Å². The van der Waals surface area contributed by atoms with Gasteiger partial charge in [0.25, 0.3) is 5.91 Å². The highest BCUT2D eigenvalue weighted by atomic mass is 16.5. The van der Waals surface area contributed by atoms with Crippen LogP contribution in [0.1, 0.15) is 47.5 Å². The highest BCUT2D eigenvalue weighted by Crippen LogP contribution is 2.21. The molecule has 0 saturated carbocycles. The molecule has 0 bridgehead atoms. The number of aromatic nitrogens is 1. The summed E-state index contributed by atoms with van der Waals surface area (Å²) < 4.78 is 4.79. The van der Waals surface area contributed by atoms with Gasteiger partial charge in [0.15, 0.2) is 0 Å². The number of hydrogen-bond acceptors (Lipinski definition) is 5. The fourth-order valence-electron chi connectivity index (χ4n) is 2.65. The number of hydrogen-bond donors (Lipinski definition) is 1. The average Bonchev–Trinajstić information content (AvgIpc) is 2.67. The lowest BCUT2D eigenvalue weighted by atomic mass is 10.1. The summed E-state index contributed by atoms with van der Waals surface area (Å²) in [5, 5.41) is 3.15. The molecule has 138 valence electrons. The number of carbonyl (C=O) groups excluding carboxylic acids is 2. The first-order valence-corrected chi connectivity index (χ1v) is 8.80. The Morgan fingerprint density at radius 2 is 1.77 bits per heavy atom. The molecule has 1 heterocycles. The first-order chi connectivity index (χ1) is 12.6. The maximum atomic E-state index is 12.6. The fourth-order valence-corrected chi connectivity index (χ4v) is 2.65. The Kier molecular flexibility index (Phi) is 7.14. The van der Waals surface area contributed by atoms with Crippen molar-refractivity contribution in [2.24, 2.45) is 0 Å². The van der Waals surface area contributed by atoms with Crippen molar-refractivity contribution in [3.05, 3.63) is 53.9 Å². The lowest BCUT2D eigenvalue weighted by molar-refractivity contribution is 0.0601. The second-order valence-electron chi connectivity index (χ2n) is 5.89. The molecule has 0 aliphatic carbocycles. The number of rotatable bonds is 8. The van der Waals surface area contributed by atoms with Gasteiger partial charge in [0, 0.05) is 13.1 Å². The van der Waals surface area contributed by atoms with Crippen LogP contribution >= 0.6 is 0 Å². The fraction of sp³-hybridized carbons (Fsp3) is 0.350. The molecule has 0 atom stereocenters. The lowest BCUT2D eigenvalue weighted by Crippen LogP contribution is -2.33. The summed E-state index contributed by atoms with van der Waals surface area (Å²) in [5.41, 5.74) is 2.17. The predicted octanol–water partition coefficient (Wildman–Crippen LogP) is 3.87. The zero-order chi connectivity index (χ0) is 18.9. The Morgan fingerprint density at radius 1 is 1.08 bits per heavy atom. The van der Waals surface area contributed by atoms with Gasteiger partial charge in [-0.1, -0.05) is 26.0 Å². The summed E-state index contributed by atoms with van der Waals surface area (Å²) in [6.45, 7) is 5.55. The van der Waals surface area contributed by atoms with Crippen LogP contribution in [0.25, 0.3) is 0 Å². The van der Waals surface area contributed by atoms with Crippen LogP contribution in [0.2, 0.25) is 0 Å². The number of esters is 1. The molecule has 1 amide bonds. The Balaban J connectivity index is 2.15. The highest BCUT2D eigenvalue weighted by molar-refractivity contribution is 5.96. The van der Waals surface area contributed by atoms with E-state index in [1.54, 1.807) is 36.5 Å². The number of ether oxygens (including phenoxy) is 1. The molecule has 0 fully saturated rings. The number of pyridine rings is 1. The van der Waals surface area contributed by atoms with Crippen LogP contribution in [0.4, 0.5) is 11.4 Å². The topological polar surface area (TPSA) is 71.5 Å². The molecular weight excluding hydrogens is 330 g/mol. The van der Waals surface area contributed by atoms with E-state index in [0.717, 1.165) is 25.9 Å². The number of para-hydroxylation sites is 1. The molecule has 0 aliphatic rings. The Morgan fingerprint density at radius 3 is 2.35 bits per heavy atom. The van der Waals surface area contributed by atoms with Crippen molar-refractivity contribution >= 4 is 23.3 Å². The van der Waals surface area contributed by atoms with Gasteiger partial charge in [-0.2, -0.15) is 0 Å². The maximum Gasteiger partial charge on any atom is 0.339 e. The van der Waals surface area contributed by atoms with Crippen molar-refractivity contribution in [2.75, 3.05) is 25.5 Å². The molecule has 1 aromatic heterocycles. The average molecular weight is 355 g/mol. The minimum absolute atomic E-state index is 0.0600. The monoisotopic (exact) mass is 355 g/mol.